The van der Waals surface area contributed by atoms with Gasteiger partial charge in [0.05, 0.1) is 23.8 Å². The molecule has 3 aliphatic heterocycles. The summed E-state index contributed by atoms with van der Waals surface area (Å²) in [6.45, 7) is 2.67. The fourth-order valence-corrected chi connectivity index (χ4v) is 5.68. The molecule has 2 unspecified atom stereocenters. The Hall–Kier alpha value is -5.17. The highest BCUT2D eigenvalue weighted by atomic mass is 16.7. The predicted molar refractivity (Wildman–Crippen MR) is 161 cm³/mol. The number of carboxylic acids is 1. The fourth-order valence-electron chi connectivity index (χ4n) is 5.68. The first-order valence-corrected chi connectivity index (χ1v) is 14.8. The van der Waals surface area contributed by atoms with Crippen molar-refractivity contribution in [3.05, 3.63) is 77.6 Å². The average Bonchev–Trinajstić information content (AvgIpc) is 3.77. The van der Waals surface area contributed by atoms with Crippen LogP contribution in [0, 0.1) is 0 Å². The second-order valence-electron chi connectivity index (χ2n) is 11.0. The number of benzene rings is 2. The Bertz CT molecular complexity index is 1590. The standard InChI is InChI=1S/C32H33N5O8/c38-29(39)17-23(22-3-1-9-33-18-22)34-30(40)20-5-7-25(36-10-12-37(13-11-36)32(42)27-4-2-14-43-27)24(15-20)35-31(41)21-6-8-26-28(16-21)45-19-44-26/h1,3,5-9,15-16,18,23,27H,2,4,10-14,17,19H2,(H,34,40)(H,35,41)(H,38,39). The topological polar surface area (TPSA) is 160 Å². The summed E-state index contributed by atoms with van der Waals surface area (Å²) in [6, 6.07) is 12.4. The van der Waals surface area contributed by atoms with E-state index in [0.717, 1.165) is 12.8 Å². The van der Waals surface area contributed by atoms with Gasteiger partial charge in [-0.3, -0.25) is 24.2 Å². The zero-order valence-electron chi connectivity index (χ0n) is 24.4. The van der Waals surface area contributed by atoms with Crippen LogP contribution in [0.2, 0.25) is 0 Å². The molecule has 234 valence electrons. The van der Waals surface area contributed by atoms with E-state index in [1.807, 2.05) is 0 Å². The monoisotopic (exact) mass is 615 g/mol. The first kappa shape index (κ1) is 29.9. The zero-order valence-corrected chi connectivity index (χ0v) is 24.4. The van der Waals surface area contributed by atoms with E-state index in [9.17, 15) is 24.3 Å². The third-order valence-electron chi connectivity index (χ3n) is 8.05. The number of nitrogens with zero attached hydrogens (tertiary/aromatic N) is 3. The minimum Gasteiger partial charge on any atom is -0.481 e. The third-order valence-corrected chi connectivity index (χ3v) is 8.05. The number of amides is 3. The third kappa shape index (κ3) is 6.83. The summed E-state index contributed by atoms with van der Waals surface area (Å²) in [5, 5.41) is 15.2. The number of carboxylic acid groups (broad SMARTS) is 1. The van der Waals surface area contributed by atoms with Gasteiger partial charge in [-0.25, -0.2) is 0 Å². The van der Waals surface area contributed by atoms with Crippen LogP contribution < -0.4 is 25.0 Å². The Kier molecular flexibility index (Phi) is 8.78. The van der Waals surface area contributed by atoms with Crippen molar-refractivity contribution in [2.45, 2.75) is 31.4 Å². The van der Waals surface area contributed by atoms with Gasteiger partial charge < -0.3 is 39.8 Å². The lowest BCUT2D eigenvalue weighted by molar-refractivity contribution is -0.141. The SMILES string of the molecule is O=C(O)CC(NC(=O)c1ccc(N2CCN(C(=O)C3CCCO3)CC2)c(NC(=O)c2ccc3c(c2)OCO3)c1)c1cccnc1. The van der Waals surface area contributed by atoms with E-state index in [1.165, 1.54) is 6.20 Å². The van der Waals surface area contributed by atoms with Gasteiger partial charge in [-0.2, -0.15) is 0 Å². The number of aliphatic carboxylic acids is 1. The van der Waals surface area contributed by atoms with Crippen LogP contribution in [0.4, 0.5) is 11.4 Å². The lowest BCUT2D eigenvalue weighted by Crippen LogP contribution is -2.51. The maximum Gasteiger partial charge on any atom is 0.305 e. The summed E-state index contributed by atoms with van der Waals surface area (Å²) in [5.41, 5.74) is 2.19. The largest absolute Gasteiger partial charge is 0.481 e. The van der Waals surface area contributed by atoms with Crippen molar-refractivity contribution in [3.63, 3.8) is 0 Å². The van der Waals surface area contributed by atoms with Gasteiger partial charge in [-0.15, -0.1) is 0 Å². The van der Waals surface area contributed by atoms with Crippen LogP contribution in [0.25, 0.3) is 0 Å². The summed E-state index contributed by atoms with van der Waals surface area (Å²) in [7, 11) is 0. The molecule has 3 aliphatic rings. The quantitative estimate of drug-likeness (QED) is 0.327. The van der Waals surface area contributed by atoms with Crippen molar-refractivity contribution in [2.24, 2.45) is 0 Å². The number of fused-ring (bicyclic) bond motifs is 1. The molecule has 2 aromatic carbocycles. The van der Waals surface area contributed by atoms with Gasteiger partial charge in [0, 0.05) is 56.3 Å². The smallest absolute Gasteiger partial charge is 0.305 e. The van der Waals surface area contributed by atoms with E-state index in [-0.39, 0.29) is 30.8 Å². The van der Waals surface area contributed by atoms with Crippen molar-refractivity contribution in [2.75, 3.05) is 49.8 Å². The lowest BCUT2D eigenvalue weighted by Gasteiger charge is -2.37. The molecular weight excluding hydrogens is 582 g/mol. The number of carbonyl (C=O) groups is 4. The number of anilines is 2. The number of hydrogen-bond donors (Lipinski definition) is 3. The maximum absolute atomic E-state index is 13.4. The van der Waals surface area contributed by atoms with E-state index < -0.39 is 23.8 Å². The van der Waals surface area contributed by atoms with Crippen LogP contribution in [-0.2, 0) is 14.3 Å². The molecule has 1 aromatic heterocycles. The molecule has 0 aliphatic carbocycles. The van der Waals surface area contributed by atoms with Gasteiger partial charge in [0.15, 0.2) is 11.5 Å². The van der Waals surface area contributed by atoms with Gasteiger partial charge in [-0.1, -0.05) is 6.07 Å². The number of piperazine rings is 1. The minimum atomic E-state index is -1.08. The van der Waals surface area contributed by atoms with E-state index in [4.69, 9.17) is 14.2 Å². The summed E-state index contributed by atoms with van der Waals surface area (Å²) in [5.74, 6) is -0.997. The van der Waals surface area contributed by atoms with Crippen molar-refractivity contribution >= 4 is 35.1 Å². The van der Waals surface area contributed by atoms with Gasteiger partial charge >= 0.3 is 5.97 Å². The highest BCUT2D eigenvalue weighted by Gasteiger charge is 2.31. The van der Waals surface area contributed by atoms with Crippen LogP contribution >= 0.6 is 0 Å². The number of ether oxygens (including phenoxy) is 3. The average molecular weight is 616 g/mol. The molecule has 2 atom stereocenters. The Labute approximate surface area is 259 Å². The van der Waals surface area contributed by atoms with Crippen LogP contribution in [0.5, 0.6) is 11.5 Å². The van der Waals surface area contributed by atoms with Crippen LogP contribution in [0.15, 0.2) is 60.9 Å². The summed E-state index contributed by atoms with van der Waals surface area (Å²) >= 11 is 0. The van der Waals surface area contributed by atoms with Crippen LogP contribution in [0.3, 0.4) is 0 Å². The molecule has 0 spiro atoms. The Morgan fingerprint density at radius 3 is 2.47 bits per heavy atom. The number of carbonyl (C=O) groups excluding carboxylic acids is 3. The zero-order chi connectivity index (χ0) is 31.3. The normalized spacial score (nSPS) is 17.9. The maximum atomic E-state index is 13.4. The first-order valence-electron chi connectivity index (χ1n) is 14.8. The molecule has 0 radical (unpaired) electrons. The second kappa shape index (κ2) is 13.2. The second-order valence-corrected chi connectivity index (χ2v) is 11.0. The van der Waals surface area contributed by atoms with Gasteiger partial charge in [-0.05, 0) is 60.9 Å². The summed E-state index contributed by atoms with van der Waals surface area (Å²) in [4.78, 5) is 59.2. The fraction of sp³-hybridized carbons (Fsp3) is 0.344. The number of aromatic nitrogens is 1. The molecule has 3 N–H and O–H groups in total. The molecule has 3 amide bonds. The Morgan fingerprint density at radius 2 is 1.73 bits per heavy atom. The number of nitrogens with one attached hydrogen (secondary N) is 2. The van der Waals surface area contributed by atoms with E-state index in [1.54, 1.807) is 59.6 Å². The molecule has 13 heteroatoms. The molecule has 13 nitrogen and oxygen atoms in total. The van der Waals surface area contributed by atoms with Crippen LogP contribution in [0.1, 0.15) is 51.6 Å². The lowest BCUT2D eigenvalue weighted by atomic mass is 10.0. The molecule has 3 aromatic rings. The number of hydrogen-bond acceptors (Lipinski definition) is 9. The highest BCUT2D eigenvalue weighted by Crippen LogP contribution is 2.34. The van der Waals surface area contributed by atoms with Crippen molar-refractivity contribution < 1.29 is 38.5 Å². The van der Waals surface area contributed by atoms with Gasteiger partial charge in [0.1, 0.15) is 6.10 Å². The molecule has 2 saturated heterocycles. The minimum absolute atomic E-state index is 0.0000320. The summed E-state index contributed by atoms with van der Waals surface area (Å²) < 4.78 is 16.4. The first-order chi connectivity index (χ1) is 21.9. The molecule has 4 heterocycles. The molecular formula is C32H33N5O8. The van der Waals surface area contributed by atoms with E-state index in [0.29, 0.717) is 66.8 Å². The van der Waals surface area contributed by atoms with Crippen LogP contribution in [-0.4, -0.2) is 84.4 Å². The molecule has 0 saturated carbocycles. The predicted octanol–water partition coefficient (Wildman–Crippen LogP) is 2.84. The number of pyridine rings is 1. The Morgan fingerprint density at radius 1 is 0.956 bits per heavy atom. The molecule has 2 fully saturated rings. The van der Waals surface area contributed by atoms with E-state index in [2.05, 4.69) is 20.5 Å². The van der Waals surface area contributed by atoms with Crippen molar-refractivity contribution in [1.82, 2.24) is 15.2 Å². The van der Waals surface area contributed by atoms with E-state index >= 15 is 0 Å². The van der Waals surface area contributed by atoms with Crippen molar-refractivity contribution in [1.29, 1.82) is 0 Å². The van der Waals surface area contributed by atoms with Gasteiger partial charge in [0.2, 0.25) is 6.79 Å². The molecule has 45 heavy (non-hydrogen) atoms. The highest BCUT2D eigenvalue weighted by molar-refractivity contribution is 6.07. The number of rotatable bonds is 9. The molecule has 0 bridgehead atoms. The van der Waals surface area contributed by atoms with Gasteiger partial charge in [0.25, 0.3) is 17.7 Å². The molecule has 6 rings (SSSR count). The summed E-state index contributed by atoms with van der Waals surface area (Å²) in [6.07, 6.45) is 3.96. The van der Waals surface area contributed by atoms with Crippen molar-refractivity contribution in [3.8, 4) is 11.5 Å². The Balaban J connectivity index is 1.24.